The lowest BCUT2D eigenvalue weighted by Crippen LogP contribution is -2.49. The minimum Gasteiger partial charge on any atom is -0.372 e. The number of benzene rings is 1. The molecule has 4 heterocycles. The Labute approximate surface area is 224 Å². The van der Waals surface area contributed by atoms with Crippen molar-refractivity contribution < 1.29 is 4.79 Å². The van der Waals surface area contributed by atoms with Crippen molar-refractivity contribution in [3.63, 3.8) is 0 Å². The Morgan fingerprint density at radius 1 is 1.08 bits per heavy atom. The monoisotopic (exact) mass is 520 g/mol. The van der Waals surface area contributed by atoms with Crippen LogP contribution in [0.2, 0.25) is 0 Å². The number of fused-ring (bicyclic) bond motifs is 1. The molecule has 3 aromatic rings. The molecule has 37 heavy (non-hydrogen) atoms. The van der Waals surface area contributed by atoms with Crippen LogP contribution in [0.25, 0.3) is 10.9 Å². The molecule has 0 bridgehead atoms. The lowest BCUT2D eigenvalue weighted by molar-refractivity contribution is 0.0748. The summed E-state index contributed by atoms with van der Waals surface area (Å²) in [7, 11) is 4.21. The van der Waals surface area contributed by atoms with E-state index in [9.17, 15) is 4.79 Å². The van der Waals surface area contributed by atoms with Crippen molar-refractivity contribution in [2.24, 2.45) is 0 Å². The molecular weight excluding hydrogens is 484 g/mol. The topological polar surface area (TPSA) is 74.0 Å². The van der Waals surface area contributed by atoms with Gasteiger partial charge in [-0.05, 0) is 56.5 Å². The first-order chi connectivity index (χ1) is 17.9. The summed E-state index contributed by atoms with van der Waals surface area (Å²) in [6, 6.07) is 10.1. The van der Waals surface area contributed by atoms with Gasteiger partial charge in [-0.3, -0.25) is 4.79 Å². The third-order valence-electron chi connectivity index (χ3n) is 7.47. The highest BCUT2D eigenvalue weighted by Crippen LogP contribution is 2.28. The summed E-state index contributed by atoms with van der Waals surface area (Å²) in [5.74, 6) is 1.04. The van der Waals surface area contributed by atoms with Gasteiger partial charge in [0, 0.05) is 94.9 Å². The van der Waals surface area contributed by atoms with Crippen LogP contribution in [0.15, 0.2) is 42.7 Å². The van der Waals surface area contributed by atoms with Crippen LogP contribution in [0.5, 0.6) is 0 Å². The summed E-state index contributed by atoms with van der Waals surface area (Å²) in [5.41, 5.74) is 3.66. The van der Waals surface area contributed by atoms with E-state index in [1.54, 1.807) is 0 Å². The number of likely N-dealkylation sites (N-methyl/N-ethyl adjacent to an activating group) is 1. The Morgan fingerprint density at radius 2 is 1.81 bits per heavy atom. The summed E-state index contributed by atoms with van der Waals surface area (Å²) in [6.07, 6.45) is 3.67. The number of hydrogen-bond donors (Lipinski definition) is 2. The van der Waals surface area contributed by atoms with Crippen LogP contribution in [-0.4, -0.2) is 109 Å². The predicted octanol–water partition coefficient (Wildman–Crippen LogP) is 2.93. The average molecular weight is 521 g/mol. The quantitative estimate of drug-likeness (QED) is 0.498. The molecule has 2 fully saturated rings. The largest absolute Gasteiger partial charge is 0.372 e. The summed E-state index contributed by atoms with van der Waals surface area (Å²) in [6.45, 7) is 9.70. The lowest BCUT2D eigenvalue weighted by Gasteiger charge is -2.37. The van der Waals surface area contributed by atoms with Crippen LogP contribution in [0.3, 0.4) is 0 Å². The number of rotatable bonds is 5. The van der Waals surface area contributed by atoms with Crippen molar-refractivity contribution >= 4 is 51.3 Å². The molecule has 9 nitrogen and oxygen atoms in total. The zero-order chi connectivity index (χ0) is 25.9. The van der Waals surface area contributed by atoms with Gasteiger partial charge in [0.25, 0.3) is 5.91 Å². The fraction of sp³-hybridized carbons (Fsp3) is 0.444. The maximum Gasteiger partial charge on any atom is 0.256 e. The number of nitrogens with one attached hydrogen (secondary N) is 2. The van der Waals surface area contributed by atoms with Crippen LogP contribution in [0.1, 0.15) is 17.3 Å². The molecule has 0 aliphatic carbocycles. The maximum absolute atomic E-state index is 13.6. The van der Waals surface area contributed by atoms with E-state index in [-0.39, 0.29) is 5.91 Å². The van der Waals surface area contributed by atoms with E-state index in [1.165, 1.54) is 0 Å². The molecule has 0 radical (unpaired) electrons. The number of carbonyl (C=O) groups excluding carboxylic acids is 1. The van der Waals surface area contributed by atoms with E-state index >= 15 is 0 Å². The van der Waals surface area contributed by atoms with Crippen molar-refractivity contribution in [1.29, 1.82) is 0 Å². The van der Waals surface area contributed by atoms with Gasteiger partial charge in [-0.2, -0.15) is 0 Å². The van der Waals surface area contributed by atoms with Gasteiger partial charge in [0.05, 0.1) is 11.3 Å². The third kappa shape index (κ3) is 5.35. The number of H-pyrrole nitrogens is 1. The number of nitrogens with zero attached hydrogens (tertiary/aromatic N) is 6. The molecule has 1 amide bonds. The van der Waals surface area contributed by atoms with Crippen LogP contribution < -0.4 is 15.1 Å². The van der Waals surface area contributed by atoms with E-state index < -0.39 is 0 Å². The number of aromatic amines is 1. The Kier molecular flexibility index (Phi) is 7.48. The van der Waals surface area contributed by atoms with Gasteiger partial charge in [-0.25, -0.2) is 4.98 Å². The van der Waals surface area contributed by atoms with Crippen molar-refractivity contribution in [2.75, 3.05) is 88.1 Å². The molecule has 2 N–H and O–H groups in total. The number of anilines is 3. The maximum atomic E-state index is 13.6. The minimum absolute atomic E-state index is 0.0524. The normalized spacial score (nSPS) is 16.8. The lowest BCUT2D eigenvalue weighted by atomic mass is 10.1. The molecule has 5 rings (SSSR count). The first-order valence-electron chi connectivity index (χ1n) is 13.0. The van der Waals surface area contributed by atoms with Gasteiger partial charge in [0.1, 0.15) is 0 Å². The second-order valence-electron chi connectivity index (χ2n) is 9.82. The molecule has 0 saturated carbocycles. The number of aromatic nitrogens is 2. The van der Waals surface area contributed by atoms with Gasteiger partial charge in [0.2, 0.25) is 0 Å². The van der Waals surface area contributed by atoms with Crippen LogP contribution in [-0.2, 0) is 0 Å². The fourth-order valence-corrected chi connectivity index (χ4v) is 5.28. The summed E-state index contributed by atoms with van der Waals surface area (Å²) in [4.78, 5) is 32.4. The van der Waals surface area contributed by atoms with Gasteiger partial charge >= 0.3 is 0 Å². The first kappa shape index (κ1) is 25.3. The zero-order valence-corrected chi connectivity index (χ0v) is 22.7. The smallest absolute Gasteiger partial charge is 0.256 e. The van der Waals surface area contributed by atoms with Gasteiger partial charge < -0.3 is 34.8 Å². The van der Waals surface area contributed by atoms with Gasteiger partial charge in [-0.1, -0.05) is 0 Å². The molecule has 0 spiro atoms. The highest BCUT2D eigenvalue weighted by atomic mass is 32.1. The summed E-state index contributed by atoms with van der Waals surface area (Å²) >= 11 is 5.67. The molecule has 2 aliphatic heterocycles. The van der Waals surface area contributed by atoms with Crippen LogP contribution in [0, 0.1) is 0 Å². The van der Waals surface area contributed by atoms with E-state index in [0.29, 0.717) is 18.7 Å². The molecule has 2 aliphatic rings. The number of amides is 1. The Morgan fingerprint density at radius 3 is 2.54 bits per heavy atom. The molecule has 196 valence electrons. The van der Waals surface area contributed by atoms with Crippen LogP contribution >= 0.6 is 12.2 Å². The van der Waals surface area contributed by atoms with Crippen molar-refractivity contribution in [1.82, 2.24) is 24.7 Å². The van der Waals surface area contributed by atoms with Gasteiger partial charge in [-0.15, -0.1) is 0 Å². The molecular formula is C27H36N8OS. The molecule has 1 aromatic carbocycles. The van der Waals surface area contributed by atoms with Gasteiger partial charge in [0.15, 0.2) is 10.9 Å². The fourth-order valence-electron chi connectivity index (χ4n) is 4.98. The van der Waals surface area contributed by atoms with Crippen LogP contribution in [0.4, 0.5) is 17.2 Å². The highest BCUT2D eigenvalue weighted by molar-refractivity contribution is 7.80. The molecule has 0 unspecified atom stereocenters. The van der Waals surface area contributed by atoms with E-state index in [1.807, 2.05) is 41.6 Å². The number of carbonyl (C=O) groups is 1. The summed E-state index contributed by atoms with van der Waals surface area (Å²) in [5, 5.41) is 5.02. The first-order valence-corrected chi connectivity index (χ1v) is 13.4. The minimum atomic E-state index is 0.0524. The number of thiocarbonyl (C=S) groups is 1. The third-order valence-corrected chi connectivity index (χ3v) is 7.83. The molecule has 2 aromatic heterocycles. The zero-order valence-electron chi connectivity index (χ0n) is 21.9. The molecule has 10 heteroatoms. The standard InChI is InChI=1S/C27H36N8OS/c1-4-32(3)24-6-5-9-28-25(24)33-14-16-34(17-15-33)26(36)22-19-29-23-8-7-20(18-21(22)23)30-27(37)35-12-10-31(2)11-13-35/h5-9,18-19,29H,4,10-17H2,1-3H3,(H,30,37). The number of hydrogen-bond acceptors (Lipinski definition) is 6. The molecule has 0 atom stereocenters. The number of piperazine rings is 2. The number of pyridine rings is 1. The molecule has 2 saturated heterocycles. The average Bonchev–Trinajstić information content (AvgIpc) is 3.36. The van der Waals surface area contributed by atoms with E-state index in [4.69, 9.17) is 12.2 Å². The second kappa shape index (κ2) is 10.9. The Hall–Kier alpha value is -3.37. The van der Waals surface area contributed by atoms with Crippen molar-refractivity contribution in [3.05, 3.63) is 48.3 Å². The van der Waals surface area contributed by atoms with Crippen molar-refractivity contribution in [3.8, 4) is 0 Å². The summed E-state index contributed by atoms with van der Waals surface area (Å²) < 4.78 is 0. The van der Waals surface area contributed by atoms with E-state index in [0.717, 1.165) is 79.0 Å². The van der Waals surface area contributed by atoms with E-state index in [2.05, 4.69) is 62.0 Å². The SMILES string of the molecule is CCN(C)c1cccnc1N1CCN(C(=O)c2c[nH]c3ccc(NC(=S)N4CCN(C)CC4)cc23)CC1. The predicted molar refractivity (Wildman–Crippen MR) is 155 cm³/mol. The van der Waals surface area contributed by atoms with Crippen molar-refractivity contribution in [2.45, 2.75) is 6.92 Å². The Balaban J connectivity index is 1.26. The Bertz CT molecular complexity index is 1260. The second-order valence-corrected chi connectivity index (χ2v) is 10.2. The highest BCUT2D eigenvalue weighted by Gasteiger charge is 2.26.